The summed E-state index contributed by atoms with van der Waals surface area (Å²) in [7, 11) is -2.25. The number of hydrogen-bond donors (Lipinski definition) is 1. The van der Waals surface area contributed by atoms with Crippen LogP contribution in [0.5, 0.6) is 0 Å². The van der Waals surface area contributed by atoms with Gasteiger partial charge in [0.1, 0.15) is 5.82 Å². The zero-order valence-electron chi connectivity index (χ0n) is 12.9. The third kappa shape index (κ3) is 2.84. The number of benzene rings is 2. The van der Waals surface area contributed by atoms with Crippen LogP contribution in [0.1, 0.15) is 11.5 Å². The van der Waals surface area contributed by atoms with Gasteiger partial charge >= 0.3 is 0 Å². The smallest absolute Gasteiger partial charge is 0.183 e. The fourth-order valence-corrected chi connectivity index (χ4v) is 5.69. The van der Waals surface area contributed by atoms with Crippen molar-refractivity contribution in [3.63, 3.8) is 0 Å². The maximum atomic E-state index is 13.5. The lowest BCUT2D eigenvalue weighted by molar-refractivity contribution is 0.171. The second kappa shape index (κ2) is 6.11. The highest BCUT2D eigenvalue weighted by atomic mass is 35.5. The predicted octanol–water partition coefficient (Wildman–Crippen LogP) is 2.76. The molecule has 7 heteroatoms. The molecule has 0 radical (unpaired) electrons. The van der Waals surface area contributed by atoms with Gasteiger partial charge in [0.25, 0.3) is 0 Å². The predicted molar refractivity (Wildman–Crippen MR) is 90.4 cm³/mol. The number of halogens is 2. The van der Waals surface area contributed by atoms with Gasteiger partial charge in [-0.25, -0.2) is 12.8 Å². The Morgan fingerprint density at radius 3 is 2.50 bits per heavy atom. The summed E-state index contributed by atoms with van der Waals surface area (Å²) in [6.07, 6.45) is 0. The van der Waals surface area contributed by atoms with Gasteiger partial charge in [-0.1, -0.05) is 23.7 Å². The number of rotatable bonds is 5. The van der Waals surface area contributed by atoms with E-state index in [1.54, 1.807) is 12.1 Å². The standard InChI is InChI=1S/C17H17ClFNO3S/c1-23-10-17(20)15(11-3-2-4-13(19)9-11)16(17)24(21,22)14-7-5-12(18)6-8-14/h2-9,15-16H,10,20H2,1H3/t15-,16+,17-/m1/s1. The Hall–Kier alpha value is -1.47. The molecule has 0 heterocycles. The highest BCUT2D eigenvalue weighted by molar-refractivity contribution is 7.92. The highest BCUT2D eigenvalue weighted by Crippen LogP contribution is 2.55. The van der Waals surface area contributed by atoms with Crippen LogP contribution in [0.2, 0.25) is 5.02 Å². The minimum atomic E-state index is -3.71. The van der Waals surface area contributed by atoms with Gasteiger partial charge in [-0.2, -0.15) is 0 Å². The van der Waals surface area contributed by atoms with E-state index in [2.05, 4.69) is 0 Å². The normalized spacial score (nSPS) is 26.3. The number of nitrogens with two attached hydrogens (primary N) is 1. The first kappa shape index (κ1) is 17.4. The molecule has 1 aliphatic carbocycles. The highest BCUT2D eigenvalue weighted by Gasteiger charge is 2.69. The zero-order chi connectivity index (χ0) is 17.5. The van der Waals surface area contributed by atoms with Crippen molar-refractivity contribution >= 4 is 21.4 Å². The van der Waals surface area contributed by atoms with Crippen LogP contribution < -0.4 is 5.73 Å². The Labute approximate surface area is 145 Å². The van der Waals surface area contributed by atoms with E-state index in [0.717, 1.165) is 0 Å². The molecule has 0 spiro atoms. The minimum absolute atomic E-state index is 0.0612. The minimum Gasteiger partial charge on any atom is -0.383 e. The Kier molecular flexibility index (Phi) is 4.42. The molecule has 0 unspecified atom stereocenters. The van der Waals surface area contributed by atoms with Gasteiger partial charge in [0.2, 0.25) is 0 Å². The SMILES string of the molecule is COC[C@@]1(N)[C@H](c2cccc(F)c2)[C@@H]1S(=O)(=O)c1ccc(Cl)cc1. The third-order valence-corrected chi connectivity index (χ3v) is 6.94. The largest absolute Gasteiger partial charge is 0.383 e. The van der Waals surface area contributed by atoms with E-state index in [9.17, 15) is 12.8 Å². The van der Waals surface area contributed by atoms with Crippen molar-refractivity contribution in [3.05, 3.63) is 64.9 Å². The van der Waals surface area contributed by atoms with Crippen LogP contribution in [0, 0.1) is 5.82 Å². The molecular formula is C17H17ClFNO3S. The van der Waals surface area contributed by atoms with Crippen molar-refractivity contribution < 1.29 is 17.5 Å². The van der Waals surface area contributed by atoms with E-state index in [1.165, 1.54) is 43.5 Å². The molecule has 1 aliphatic rings. The summed E-state index contributed by atoms with van der Waals surface area (Å²) in [5.74, 6) is -0.962. The molecule has 4 nitrogen and oxygen atoms in total. The molecule has 0 aromatic heterocycles. The summed E-state index contributed by atoms with van der Waals surface area (Å²) in [5, 5.41) is -0.435. The van der Waals surface area contributed by atoms with Crippen molar-refractivity contribution in [2.75, 3.05) is 13.7 Å². The Balaban J connectivity index is 2.03. The van der Waals surface area contributed by atoms with Crippen LogP contribution in [0.3, 0.4) is 0 Å². The summed E-state index contributed by atoms with van der Waals surface area (Å²) < 4.78 is 44.7. The van der Waals surface area contributed by atoms with Gasteiger partial charge in [0.15, 0.2) is 9.84 Å². The quantitative estimate of drug-likeness (QED) is 0.879. The molecule has 2 aromatic carbocycles. The Morgan fingerprint density at radius 2 is 1.92 bits per heavy atom. The van der Waals surface area contributed by atoms with Crippen molar-refractivity contribution in [1.29, 1.82) is 0 Å². The average molecular weight is 370 g/mol. The van der Waals surface area contributed by atoms with Gasteiger partial charge in [0.05, 0.1) is 22.3 Å². The summed E-state index contributed by atoms with van der Waals surface area (Å²) in [6.45, 7) is 0.0612. The first-order chi connectivity index (χ1) is 11.3. The monoisotopic (exact) mass is 369 g/mol. The average Bonchev–Trinajstić information content (AvgIpc) is 3.14. The first-order valence-electron chi connectivity index (χ1n) is 7.33. The lowest BCUT2D eigenvalue weighted by Gasteiger charge is -2.11. The van der Waals surface area contributed by atoms with Crippen LogP contribution in [-0.2, 0) is 14.6 Å². The molecule has 1 fully saturated rings. The van der Waals surface area contributed by atoms with Crippen molar-refractivity contribution in [3.8, 4) is 0 Å². The van der Waals surface area contributed by atoms with Crippen molar-refractivity contribution in [2.24, 2.45) is 5.73 Å². The topological polar surface area (TPSA) is 69.4 Å². The number of sulfone groups is 1. The van der Waals surface area contributed by atoms with E-state index >= 15 is 0 Å². The molecule has 2 aromatic rings. The molecule has 0 aliphatic heterocycles. The molecule has 0 bridgehead atoms. The van der Waals surface area contributed by atoms with E-state index < -0.39 is 32.4 Å². The number of ether oxygens (including phenoxy) is 1. The summed E-state index contributed by atoms with van der Waals surface area (Å²) in [5.41, 5.74) is 5.79. The molecule has 3 rings (SSSR count). The fourth-order valence-electron chi connectivity index (χ4n) is 3.27. The maximum Gasteiger partial charge on any atom is 0.183 e. The maximum absolute atomic E-state index is 13.5. The van der Waals surface area contributed by atoms with E-state index in [-0.39, 0.29) is 11.5 Å². The first-order valence-corrected chi connectivity index (χ1v) is 9.26. The van der Waals surface area contributed by atoms with Crippen LogP contribution in [-0.4, -0.2) is 32.9 Å². The van der Waals surface area contributed by atoms with E-state index in [4.69, 9.17) is 22.1 Å². The van der Waals surface area contributed by atoms with Crippen LogP contribution in [0.25, 0.3) is 0 Å². The number of methoxy groups -OCH3 is 1. The molecule has 1 saturated carbocycles. The summed E-state index contributed by atoms with van der Waals surface area (Å²) in [4.78, 5) is 0.140. The van der Waals surface area contributed by atoms with Crippen LogP contribution >= 0.6 is 11.6 Å². The van der Waals surface area contributed by atoms with Gasteiger partial charge in [0, 0.05) is 18.1 Å². The van der Waals surface area contributed by atoms with Crippen molar-refractivity contribution in [2.45, 2.75) is 21.6 Å². The third-order valence-electron chi connectivity index (χ3n) is 4.38. The van der Waals surface area contributed by atoms with Gasteiger partial charge in [-0.3, -0.25) is 0 Å². The van der Waals surface area contributed by atoms with Gasteiger partial charge in [-0.05, 0) is 42.0 Å². The molecule has 0 amide bonds. The molecule has 0 saturated heterocycles. The number of hydrogen-bond acceptors (Lipinski definition) is 4. The van der Waals surface area contributed by atoms with Crippen LogP contribution in [0.15, 0.2) is 53.4 Å². The summed E-state index contributed by atoms with van der Waals surface area (Å²) >= 11 is 5.82. The lowest BCUT2D eigenvalue weighted by atomic mass is 10.1. The summed E-state index contributed by atoms with van der Waals surface area (Å²) in [6, 6.07) is 11.8. The van der Waals surface area contributed by atoms with Crippen LogP contribution in [0.4, 0.5) is 4.39 Å². The van der Waals surface area contributed by atoms with Gasteiger partial charge < -0.3 is 10.5 Å². The second-order valence-electron chi connectivity index (χ2n) is 6.00. The molecule has 128 valence electrons. The Bertz CT molecular complexity index is 856. The zero-order valence-corrected chi connectivity index (χ0v) is 14.5. The van der Waals surface area contributed by atoms with E-state index in [1.807, 2.05) is 0 Å². The fraction of sp³-hybridized carbons (Fsp3) is 0.294. The molecule has 3 atom stereocenters. The Morgan fingerprint density at radius 1 is 1.25 bits per heavy atom. The van der Waals surface area contributed by atoms with E-state index in [0.29, 0.717) is 10.6 Å². The molecule has 2 N–H and O–H groups in total. The van der Waals surface area contributed by atoms with Gasteiger partial charge in [-0.15, -0.1) is 0 Å². The lowest BCUT2D eigenvalue weighted by Crippen LogP contribution is -2.35. The van der Waals surface area contributed by atoms with Crippen molar-refractivity contribution in [1.82, 2.24) is 0 Å². The molecule has 24 heavy (non-hydrogen) atoms. The molecular weight excluding hydrogens is 353 g/mol. The second-order valence-corrected chi connectivity index (χ2v) is 8.50.